The third-order valence-electron chi connectivity index (χ3n) is 3.07. The molecule has 1 unspecified atom stereocenters. The smallest absolute Gasteiger partial charge is 0.318 e. The second-order valence-corrected chi connectivity index (χ2v) is 4.22. The van der Waals surface area contributed by atoms with E-state index >= 15 is 0 Å². The molecule has 0 bridgehead atoms. The van der Waals surface area contributed by atoms with Gasteiger partial charge in [0.1, 0.15) is 6.54 Å². The first kappa shape index (κ1) is 13.0. The lowest BCUT2D eigenvalue weighted by Gasteiger charge is -2.17. The second-order valence-electron chi connectivity index (χ2n) is 4.22. The minimum atomic E-state index is -0.164. The maximum atomic E-state index is 11.5. The van der Waals surface area contributed by atoms with E-state index in [0.29, 0.717) is 12.6 Å². The van der Waals surface area contributed by atoms with Crippen LogP contribution in [0.2, 0.25) is 0 Å². The van der Waals surface area contributed by atoms with Gasteiger partial charge in [0.05, 0.1) is 0 Å². The van der Waals surface area contributed by atoms with Crippen molar-refractivity contribution < 1.29 is 9.59 Å². The summed E-state index contributed by atoms with van der Waals surface area (Å²) in [6, 6.07) is 0.313. The highest BCUT2D eigenvalue weighted by Gasteiger charge is 2.32. The van der Waals surface area contributed by atoms with Crippen LogP contribution in [-0.4, -0.2) is 55.0 Å². The van der Waals surface area contributed by atoms with Crippen LogP contribution in [0.1, 0.15) is 26.2 Å². The molecule has 1 aliphatic rings. The fourth-order valence-electron chi connectivity index (χ4n) is 1.94. The minimum Gasteiger partial charge on any atom is -0.318 e. The molecule has 0 radical (unpaired) electrons. The Morgan fingerprint density at radius 1 is 1.44 bits per heavy atom. The van der Waals surface area contributed by atoms with Gasteiger partial charge in [0.25, 0.3) is 0 Å². The Bertz CT molecular complexity index is 264. The van der Waals surface area contributed by atoms with Crippen molar-refractivity contribution in [2.24, 2.45) is 0 Å². The Kier molecular flexibility index (Phi) is 4.73. The van der Waals surface area contributed by atoms with Gasteiger partial charge >= 0.3 is 6.03 Å². The van der Waals surface area contributed by atoms with E-state index in [1.54, 1.807) is 7.05 Å². The van der Waals surface area contributed by atoms with Crippen LogP contribution in [0.3, 0.4) is 0 Å². The first-order chi connectivity index (χ1) is 7.60. The van der Waals surface area contributed by atoms with Gasteiger partial charge in [-0.05, 0) is 26.3 Å². The molecule has 0 spiro atoms. The highest BCUT2D eigenvalue weighted by molar-refractivity contribution is 6.01. The number of nitrogens with one attached hydrogen (secondary N) is 1. The van der Waals surface area contributed by atoms with Crippen LogP contribution in [0.25, 0.3) is 0 Å². The monoisotopic (exact) mass is 227 g/mol. The summed E-state index contributed by atoms with van der Waals surface area (Å²) < 4.78 is 0. The molecule has 0 aromatic rings. The Morgan fingerprint density at radius 3 is 2.56 bits per heavy atom. The van der Waals surface area contributed by atoms with Crippen LogP contribution in [0.15, 0.2) is 0 Å². The number of nitrogens with zero attached hydrogens (tertiary/aromatic N) is 2. The number of amides is 3. The van der Waals surface area contributed by atoms with E-state index in [0.717, 1.165) is 19.3 Å². The molecule has 92 valence electrons. The zero-order valence-electron chi connectivity index (χ0n) is 10.3. The molecule has 1 atom stereocenters. The van der Waals surface area contributed by atoms with E-state index < -0.39 is 0 Å². The van der Waals surface area contributed by atoms with Crippen LogP contribution in [0.4, 0.5) is 4.79 Å². The average molecular weight is 227 g/mol. The summed E-state index contributed by atoms with van der Waals surface area (Å²) in [5.74, 6) is -0.0787. The molecule has 5 heteroatoms. The predicted octanol–water partition coefficient (Wildman–Crippen LogP) is 0.659. The molecule has 1 heterocycles. The molecule has 0 saturated carbocycles. The molecule has 16 heavy (non-hydrogen) atoms. The Morgan fingerprint density at radius 2 is 2.12 bits per heavy atom. The van der Waals surface area contributed by atoms with Crippen molar-refractivity contribution in [1.82, 2.24) is 15.1 Å². The summed E-state index contributed by atoms with van der Waals surface area (Å²) in [6.07, 6.45) is 2.93. The Labute approximate surface area is 96.8 Å². The molecular formula is C11H21N3O2. The molecule has 0 aromatic carbocycles. The SMILES string of the molecule is CCC(CCCN1C(=O)CN(C)C1=O)NC. The lowest BCUT2D eigenvalue weighted by atomic mass is 10.1. The number of carbonyl (C=O) groups is 2. The Hall–Kier alpha value is -1.10. The quantitative estimate of drug-likeness (QED) is 0.678. The van der Waals surface area contributed by atoms with Gasteiger partial charge in [0, 0.05) is 19.6 Å². The Balaban J connectivity index is 2.32. The standard InChI is InChI=1S/C11H21N3O2/c1-4-9(12-2)6-5-7-14-10(15)8-13(3)11(14)16/h9,12H,4-8H2,1-3H3. The molecular weight excluding hydrogens is 206 g/mol. The van der Waals surface area contributed by atoms with Crippen molar-refractivity contribution in [3.8, 4) is 0 Å². The zero-order chi connectivity index (χ0) is 12.1. The third-order valence-corrected chi connectivity index (χ3v) is 3.07. The van der Waals surface area contributed by atoms with E-state index in [-0.39, 0.29) is 18.5 Å². The molecule has 1 rings (SSSR count). The summed E-state index contributed by atoms with van der Waals surface area (Å²) in [5.41, 5.74) is 0. The van der Waals surface area contributed by atoms with Crippen LogP contribution < -0.4 is 5.32 Å². The number of hydrogen-bond donors (Lipinski definition) is 1. The molecule has 1 aliphatic heterocycles. The van der Waals surface area contributed by atoms with Crippen LogP contribution >= 0.6 is 0 Å². The van der Waals surface area contributed by atoms with Gasteiger partial charge in [-0.15, -0.1) is 0 Å². The van der Waals surface area contributed by atoms with Gasteiger partial charge in [-0.2, -0.15) is 0 Å². The maximum absolute atomic E-state index is 11.5. The fourth-order valence-corrected chi connectivity index (χ4v) is 1.94. The molecule has 3 amide bonds. The molecule has 0 aromatic heterocycles. The van der Waals surface area contributed by atoms with Crippen molar-refractivity contribution in [2.45, 2.75) is 32.2 Å². The van der Waals surface area contributed by atoms with Crippen molar-refractivity contribution in [3.05, 3.63) is 0 Å². The van der Waals surface area contributed by atoms with Crippen molar-refractivity contribution in [1.29, 1.82) is 0 Å². The normalized spacial score (nSPS) is 18.4. The largest absolute Gasteiger partial charge is 0.326 e. The number of rotatable bonds is 6. The van der Waals surface area contributed by atoms with Crippen LogP contribution in [-0.2, 0) is 4.79 Å². The van der Waals surface area contributed by atoms with E-state index in [2.05, 4.69) is 12.2 Å². The fraction of sp³-hybridized carbons (Fsp3) is 0.818. The summed E-state index contributed by atoms with van der Waals surface area (Å²) in [5, 5.41) is 3.21. The van der Waals surface area contributed by atoms with Gasteiger partial charge in [0.15, 0.2) is 0 Å². The maximum Gasteiger partial charge on any atom is 0.326 e. The van der Waals surface area contributed by atoms with E-state index in [1.807, 2.05) is 7.05 Å². The number of imide groups is 1. The number of likely N-dealkylation sites (N-methyl/N-ethyl adjacent to an activating group) is 1. The van der Waals surface area contributed by atoms with Gasteiger partial charge in [-0.1, -0.05) is 6.92 Å². The second kappa shape index (κ2) is 5.84. The molecule has 1 saturated heterocycles. The average Bonchev–Trinajstić information content (AvgIpc) is 2.50. The molecule has 1 N–H and O–H groups in total. The van der Waals surface area contributed by atoms with Gasteiger partial charge < -0.3 is 10.2 Å². The summed E-state index contributed by atoms with van der Waals surface area (Å²) in [7, 11) is 3.59. The third kappa shape index (κ3) is 2.95. The van der Waals surface area contributed by atoms with Gasteiger partial charge in [0.2, 0.25) is 5.91 Å². The van der Waals surface area contributed by atoms with E-state index in [4.69, 9.17) is 0 Å². The zero-order valence-corrected chi connectivity index (χ0v) is 10.3. The molecule has 0 aliphatic carbocycles. The summed E-state index contributed by atoms with van der Waals surface area (Å²) in [4.78, 5) is 25.8. The van der Waals surface area contributed by atoms with Gasteiger partial charge in [-0.3, -0.25) is 9.69 Å². The van der Waals surface area contributed by atoms with Gasteiger partial charge in [-0.25, -0.2) is 4.79 Å². The topological polar surface area (TPSA) is 52.7 Å². The molecule has 5 nitrogen and oxygen atoms in total. The van der Waals surface area contributed by atoms with Crippen molar-refractivity contribution >= 4 is 11.9 Å². The van der Waals surface area contributed by atoms with Crippen molar-refractivity contribution in [3.63, 3.8) is 0 Å². The number of hydrogen-bond acceptors (Lipinski definition) is 3. The number of urea groups is 1. The van der Waals surface area contributed by atoms with E-state index in [1.165, 1.54) is 9.80 Å². The van der Waals surface area contributed by atoms with Crippen LogP contribution in [0.5, 0.6) is 0 Å². The van der Waals surface area contributed by atoms with E-state index in [9.17, 15) is 9.59 Å². The minimum absolute atomic E-state index is 0.0787. The summed E-state index contributed by atoms with van der Waals surface area (Å²) >= 11 is 0. The lowest BCUT2D eigenvalue weighted by Crippen LogP contribution is -2.33. The first-order valence-corrected chi connectivity index (χ1v) is 5.82. The highest BCUT2D eigenvalue weighted by Crippen LogP contribution is 2.10. The highest BCUT2D eigenvalue weighted by atomic mass is 16.2. The molecule has 1 fully saturated rings. The first-order valence-electron chi connectivity index (χ1n) is 5.82. The van der Waals surface area contributed by atoms with Crippen LogP contribution in [0, 0.1) is 0 Å². The number of carbonyl (C=O) groups excluding carboxylic acids is 2. The predicted molar refractivity (Wildman–Crippen MR) is 62.1 cm³/mol. The summed E-state index contributed by atoms with van der Waals surface area (Å²) in [6.45, 7) is 2.89. The van der Waals surface area contributed by atoms with Crippen molar-refractivity contribution in [2.75, 3.05) is 27.2 Å². The lowest BCUT2D eigenvalue weighted by molar-refractivity contribution is -0.125.